The minimum atomic E-state index is -5.86. The van der Waals surface area contributed by atoms with Gasteiger partial charge in [-0.2, -0.15) is 22.0 Å². The molecule has 0 bridgehead atoms. The Morgan fingerprint density at radius 2 is 1.62 bits per heavy atom. The third-order valence-corrected chi connectivity index (χ3v) is 2.63. The Morgan fingerprint density at radius 1 is 1.10 bits per heavy atom. The molecule has 0 spiro atoms. The average Bonchev–Trinajstić information content (AvgIpc) is 2.35. The number of hydrogen-bond acceptors (Lipinski definition) is 4. The van der Waals surface area contributed by atoms with E-state index in [1.165, 1.54) is 7.11 Å². The number of ether oxygens (including phenoxy) is 2. The minimum Gasteiger partial charge on any atom is -0.507 e. The molecule has 21 heavy (non-hydrogen) atoms. The molecular weight excluding hydrogens is 325 g/mol. The summed E-state index contributed by atoms with van der Waals surface area (Å²) in [5.41, 5.74) is 4.13. The zero-order valence-electron chi connectivity index (χ0n) is 10.9. The summed E-state index contributed by atoms with van der Waals surface area (Å²) >= 11 is 0. The predicted molar refractivity (Wildman–Crippen MR) is 66.4 cm³/mol. The Kier molecular flexibility index (Phi) is 6.06. The highest BCUT2D eigenvalue weighted by Crippen LogP contribution is 2.48. The van der Waals surface area contributed by atoms with Crippen molar-refractivity contribution in [2.45, 2.75) is 18.1 Å². The van der Waals surface area contributed by atoms with Crippen LogP contribution in [-0.2, 0) is 0 Å². The van der Waals surface area contributed by atoms with E-state index in [2.05, 4.69) is 4.74 Å². The van der Waals surface area contributed by atoms with Crippen LogP contribution < -0.4 is 15.2 Å². The second-order valence-corrected chi connectivity index (χ2v) is 3.86. The fourth-order valence-corrected chi connectivity index (χ4v) is 1.54. The standard InChI is InChI=1S/C11H12F5NO3.ClH/c1-19-5-3-6(18)8(7(4-5)20-2)9(17)10(12,13)11(14,15)16;/h3-4,9,18H,17H2,1-2H3;1H/t9-;/m1./s1. The van der Waals surface area contributed by atoms with Gasteiger partial charge in [-0.1, -0.05) is 0 Å². The fraction of sp³-hybridized carbons (Fsp3) is 0.455. The van der Waals surface area contributed by atoms with Gasteiger partial charge >= 0.3 is 12.1 Å². The predicted octanol–water partition coefficient (Wildman–Crippen LogP) is 3.03. The Balaban J connectivity index is 0.00000400. The van der Waals surface area contributed by atoms with Crippen LogP contribution in [0.15, 0.2) is 12.1 Å². The van der Waals surface area contributed by atoms with Gasteiger partial charge in [0.1, 0.15) is 23.3 Å². The van der Waals surface area contributed by atoms with Crippen molar-refractivity contribution in [3.63, 3.8) is 0 Å². The number of rotatable bonds is 4. The van der Waals surface area contributed by atoms with Gasteiger partial charge in [0, 0.05) is 12.1 Å². The molecule has 122 valence electrons. The van der Waals surface area contributed by atoms with Crippen LogP contribution in [0.3, 0.4) is 0 Å². The maximum Gasteiger partial charge on any atom is 0.455 e. The molecule has 0 saturated carbocycles. The van der Waals surface area contributed by atoms with Crippen LogP contribution in [0.25, 0.3) is 0 Å². The second-order valence-electron chi connectivity index (χ2n) is 3.86. The summed E-state index contributed by atoms with van der Waals surface area (Å²) in [6.07, 6.45) is -5.86. The van der Waals surface area contributed by atoms with Crippen molar-refractivity contribution < 1.29 is 36.5 Å². The summed E-state index contributed by atoms with van der Waals surface area (Å²) in [6, 6.07) is -0.908. The average molecular weight is 338 g/mol. The molecule has 4 nitrogen and oxygen atoms in total. The molecule has 10 heteroatoms. The molecule has 0 aliphatic carbocycles. The van der Waals surface area contributed by atoms with E-state index >= 15 is 0 Å². The van der Waals surface area contributed by atoms with Crippen molar-refractivity contribution in [3.8, 4) is 17.2 Å². The molecule has 1 rings (SSSR count). The maximum absolute atomic E-state index is 13.2. The summed E-state index contributed by atoms with van der Waals surface area (Å²) < 4.78 is 72.8. The van der Waals surface area contributed by atoms with Crippen molar-refractivity contribution in [1.29, 1.82) is 0 Å². The second kappa shape index (κ2) is 6.52. The van der Waals surface area contributed by atoms with E-state index in [1.54, 1.807) is 0 Å². The number of alkyl halides is 5. The van der Waals surface area contributed by atoms with Crippen LogP contribution >= 0.6 is 12.4 Å². The summed E-state index contributed by atoms with van der Waals surface area (Å²) in [4.78, 5) is 0. The highest BCUT2D eigenvalue weighted by molar-refractivity contribution is 5.85. The number of halogens is 6. The van der Waals surface area contributed by atoms with E-state index in [4.69, 9.17) is 10.5 Å². The zero-order valence-corrected chi connectivity index (χ0v) is 11.7. The molecular formula is C11H13ClF5NO3. The van der Waals surface area contributed by atoms with Crippen molar-refractivity contribution in [1.82, 2.24) is 0 Å². The number of benzene rings is 1. The van der Waals surface area contributed by atoms with Crippen LogP contribution in [0.4, 0.5) is 22.0 Å². The molecule has 1 aromatic rings. The van der Waals surface area contributed by atoms with Gasteiger partial charge in [-0.25, -0.2) is 0 Å². The lowest BCUT2D eigenvalue weighted by molar-refractivity contribution is -0.291. The lowest BCUT2D eigenvalue weighted by Gasteiger charge is -2.27. The number of phenolic OH excluding ortho intramolecular Hbond substituents is 1. The number of hydrogen-bond donors (Lipinski definition) is 2. The monoisotopic (exact) mass is 337 g/mol. The number of nitrogens with two attached hydrogens (primary N) is 1. The molecule has 1 aromatic carbocycles. The molecule has 0 aromatic heterocycles. The molecule has 3 N–H and O–H groups in total. The first kappa shape index (κ1) is 19.5. The summed E-state index contributed by atoms with van der Waals surface area (Å²) in [5.74, 6) is -6.52. The third kappa shape index (κ3) is 3.59. The van der Waals surface area contributed by atoms with E-state index in [-0.39, 0.29) is 18.2 Å². The first-order valence-corrected chi connectivity index (χ1v) is 5.21. The molecule has 0 unspecified atom stereocenters. The quantitative estimate of drug-likeness (QED) is 0.829. The number of phenols is 1. The Labute approximate surface area is 123 Å². The van der Waals surface area contributed by atoms with Gasteiger partial charge in [0.25, 0.3) is 0 Å². The van der Waals surface area contributed by atoms with Gasteiger partial charge in [0.15, 0.2) is 0 Å². The topological polar surface area (TPSA) is 64.7 Å². The molecule has 0 aliphatic rings. The normalized spacial score (nSPS) is 13.3. The molecule has 0 amide bonds. The van der Waals surface area contributed by atoms with E-state index in [1.807, 2.05) is 0 Å². The smallest absolute Gasteiger partial charge is 0.455 e. The van der Waals surface area contributed by atoms with E-state index in [0.717, 1.165) is 19.2 Å². The first-order chi connectivity index (χ1) is 9.06. The van der Waals surface area contributed by atoms with E-state index in [0.29, 0.717) is 0 Å². The van der Waals surface area contributed by atoms with Crippen LogP contribution in [0, 0.1) is 0 Å². The van der Waals surface area contributed by atoms with E-state index < -0.39 is 35.2 Å². The lowest BCUT2D eigenvalue weighted by atomic mass is 9.98. The van der Waals surface area contributed by atoms with Gasteiger partial charge in [-0.3, -0.25) is 0 Å². The lowest BCUT2D eigenvalue weighted by Crippen LogP contribution is -2.46. The zero-order chi connectivity index (χ0) is 15.7. The Bertz CT molecular complexity index is 495. The SMILES string of the molecule is COc1cc(O)c([C@@H](N)C(F)(F)C(F)(F)F)c(OC)c1.Cl. The molecule has 0 fully saturated rings. The van der Waals surface area contributed by atoms with Gasteiger partial charge in [0.2, 0.25) is 0 Å². The minimum absolute atomic E-state index is 0. The van der Waals surface area contributed by atoms with E-state index in [9.17, 15) is 27.1 Å². The molecule has 1 atom stereocenters. The molecule has 0 aliphatic heterocycles. The van der Waals surface area contributed by atoms with Gasteiger partial charge in [-0.15, -0.1) is 12.4 Å². The van der Waals surface area contributed by atoms with Crippen molar-refractivity contribution in [3.05, 3.63) is 17.7 Å². The maximum atomic E-state index is 13.2. The van der Waals surface area contributed by atoms with Crippen LogP contribution in [0.5, 0.6) is 17.2 Å². The highest BCUT2D eigenvalue weighted by Gasteiger charge is 2.62. The number of aromatic hydroxyl groups is 1. The van der Waals surface area contributed by atoms with Crippen molar-refractivity contribution in [2.75, 3.05) is 14.2 Å². The molecule has 0 saturated heterocycles. The Morgan fingerprint density at radius 3 is 2.00 bits per heavy atom. The van der Waals surface area contributed by atoms with Crippen LogP contribution in [0.2, 0.25) is 0 Å². The van der Waals surface area contributed by atoms with Crippen LogP contribution in [-0.4, -0.2) is 31.4 Å². The molecule has 0 heterocycles. The fourth-order valence-electron chi connectivity index (χ4n) is 1.54. The first-order valence-electron chi connectivity index (χ1n) is 5.21. The van der Waals surface area contributed by atoms with Crippen LogP contribution in [0.1, 0.15) is 11.6 Å². The van der Waals surface area contributed by atoms with Gasteiger partial charge in [-0.05, 0) is 0 Å². The summed E-state index contributed by atoms with van der Waals surface area (Å²) in [5, 5.41) is 9.59. The third-order valence-electron chi connectivity index (χ3n) is 2.63. The summed E-state index contributed by atoms with van der Waals surface area (Å²) in [7, 11) is 2.26. The Hall–Kier alpha value is -1.48. The van der Waals surface area contributed by atoms with Gasteiger partial charge < -0.3 is 20.3 Å². The molecule has 0 radical (unpaired) electrons. The summed E-state index contributed by atoms with van der Waals surface area (Å²) in [6.45, 7) is 0. The van der Waals surface area contributed by atoms with Crippen molar-refractivity contribution in [2.24, 2.45) is 5.73 Å². The largest absolute Gasteiger partial charge is 0.507 e. The van der Waals surface area contributed by atoms with Gasteiger partial charge in [0.05, 0.1) is 19.8 Å². The number of methoxy groups -OCH3 is 2. The van der Waals surface area contributed by atoms with Crippen molar-refractivity contribution >= 4 is 12.4 Å². The highest BCUT2D eigenvalue weighted by atomic mass is 35.5.